The first-order valence-electron chi connectivity index (χ1n) is 11.5. The molecule has 0 aliphatic carbocycles. The van der Waals surface area contributed by atoms with E-state index in [0.717, 1.165) is 109 Å². The van der Waals surface area contributed by atoms with Crippen LogP contribution in [0.4, 0.5) is 0 Å². The summed E-state index contributed by atoms with van der Waals surface area (Å²) in [6.45, 7) is 11.7. The maximum absolute atomic E-state index is 5.77. The van der Waals surface area contributed by atoms with Gasteiger partial charge < -0.3 is 22.1 Å². The highest BCUT2D eigenvalue weighted by molar-refractivity contribution is 5.11. The fourth-order valence-electron chi connectivity index (χ4n) is 4.02. The summed E-state index contributed by atoms with van der Waals surface area (Å²) in [6.07, 6.45) is 5.48. The average molecular weight is 406 g/mol. The number of fused-ring (bicyclic) bond motifs is 2. The van der Waals surface area contributed by atoms with E-state index in [0.29, 0.717) is 0 Å². The molecule has 0 unspecified atom stereocenters. The van der Waals surface area contributed by atoms with Crippen molar-refractivity contribution in [3.63, 3.8) is 0 Å². The number of nitrogens with zero attached hydrogens (tertiary/aromatic N) is 4. The quantitative estimate of drug-likeness (QED) is 0.559. The molecule has 0 saturated carbocycles. The minimum atomic E-state index is 0.739. The van der Waals surface area contributed by atoms with Crippen molar-refractivity contribution in [1.82, 2.24) is 19.7 Å². The van der Waals surface area contributed by atoms with Crippen molar-refractivity contribution in [3.05, 3.63) is 29.6 Å². The average Bonchev–Trinajstić information content (AvgIpc) is 2.73. The molecule has 0 radical (unpaired) electrons. The lowest BCUT2D eigenvalue weighted by atomic mass is 10.2. The molecule has 6 N–H and O–H groups in total. The molecule has 1 aliphatic heterocycles. The molecule has 1 aromatic rings. The summed E-state index contributed by atoms with van der Waals surface area (Å²) in [5, 5.41) is 0. The van der Waals surface area contributed by atoms with Gasteiger partial charge in [0.1, 0.15) is 0 Å². The van der Waals surface area contributed by atoms with E-state index in [-0.39, 0.29) is 0 Å². The van der Waals surface area contributed by atoms with Crippen LogP contribution in [0.5, 0.6) is 0 Å². The van der Waals surface area contributed by atoms with Crippen LogP contribution in [-0.2, 0) is 13.1 Å². The van der Waals surface area contributed by atoms with Crippen LogP contribution in [0.25, 0.3) is 0 Å². The van der Waals surface area contributed by atoms with Gasteiger partial charge in [0.05, 0.1) is 11.4 Å². The van der Waals surface area contributed by atoms with Crippen molar-refractivity contribution in [2.24, 2.45) is 17.2 Å². The van der Waals surface area contributed by atoms with E-state index in [1.807, 2.05) is 0 Å². The zero-order valence-electron chi connectivity index (χ0n) is 18.3. The van der Waals surface area contributed by atoms with E-state index < -0.39 is 0 Å². The summed E-state index contributed by atoms with van der Waals surface area (Å²) in [4.78, 5) is 12.6. The molecule has 0 saturated heterocycles. The standard InChI is InChI=1S/C22H43N7/c23-9-2-12-27-15-5-17-28(13-3-10-24)19-21-7-1-8-22(26-21)20-29(14-4-11-25)18-6-16-27/h1,7-8H,2-6,9-20,23-25H2. The van der Waals surface area contributed by atoms with Crippen molar-refractivity contribution in [1.29, 1.82) is 0 Å². The highest BCUT2D eigenvalue weighted by atomic mass is 15.2. The van der Waals surface area contributed by atoms with E-state index in [1.165, 1.54) is 12.8 Å². The van der Waals surface area contributed by atoms with E-state index in [1.54, 1.807) is 0 Å². The Kier molecular flexibility index (Phi) is 12.4. The molecule has 0 amide bonds. The lowest BCUT2D eigenvalue weighted by Crippen LogP contribution is -2.35. The highest BCUT2D eigenvalue weighted by Crippen LogP contribution is 2.10. The monoisotopic (exact) mass is 405 g/mol. The molecule has 0 spiro atoms. The van der Waals surface area contributed by atoms with Crippen molar-refractivity contribution in [3.8, 4) is 0 Å². The number of aromatic nitrogens is 1. The van der Waals surface area contributed by atoms with Gasteiger partial charge in [0, 0.05) is 13.1 Å². The van der Waals surface area contributed by atoms with Gasteiger partial charge in [0.15, 0.2) is 0 Å². The molecule has 2 rings (SSSR count). The minimum absolute atomic E-state index is 0.739. The smallest absolute Gasteiger partial charge is 0.0547 e. The lowest BCUT2D eigenvalue weighted by molar-refractivity contribution is 0.196. The molecule has 0 aromatic carbocycles. The van der Waals surface area contributed by atoms with Gasteiger partial charge in [-0.15, -0.1) is 0 Å². The van der Waals surface area contributed by atoms with Crippen LogP contribution in [-0.4, -0.2) is 85.1 Å². The molecule has 166 valence electrons. The van der Waals surface area contributed by atoms with Crippen LogP contribution >= 0.6 is 0 Å². The van der Waals surface area contributed by atoms with Crippen LogP contribution < -0.4 is 17.2 Å². The van der Waals surface area contributed by atoms with Crippen LogP contribution in [0.2, 0.25) is 0 Å². The fraction of sp³-hybridized carbons (Fsp3) is 0.773. The van der Waals surface area contributed by atoms with Crippen LogP contribution in [0.3, 0.4) is 0 Å². The SMILES string of the molecule is NCCCN1CCCN(CCCN)Cc2cccc(n2)CN(CCCN)CCC1. The van der Waals surface area contributed by atoms with E-state index in [9.17, 15) is 0 Å². The molecule has 7 heteroatoms. The van der Waals surface area contributed by atoms with E-state index >= 15 is 0 Å². The normalized spacial score (nSPS) is 18.6. The second-order valence-electron chi connectivity index (χ2n) is 8.15. The third-order valence-electron chi connectivity index (χ3n) is 5.57. The molecule has 2 bridgehead atoms. The minimum Gasteiger partial charge on any atom is -0.330 e. The number of hydrogen-bond acceptors (Lipinski definition) is 7. The van der Waals surface area contributed by atoms with E-state index in [4.69, 9.17) is 22.2 Å². The number of hydrogen-bond donors (Lipinski definition) is 3. The Hall–Kier alpha value is -1.09. The van der Waals surface area contributed by atoms with Crippen molar-refractivity contribution < 1.29 is 0 Å². The van der Waals surface area contributed by atoms with Gasteiger partial charge in [0.2, 0.25) is 0 Å². The number of pyridine rings is 1. The first kappa shape index (κ1) is 24.2. The second kappa shape index (κ2) is 14.8. The Bertz CT molecular complexity index is 500. The predicted octanol–water partition coefficient (Wildman–Crippen LogP) is 0.828. The largest absolute Gasteiger partial charge is 0.330 e. The molecule has 29 heavy (non-hydrogen) atoms. The second-order valence-corrected chi connectivity index (χ2v) is 8.15. The van der Waals surface area contributed by atoms with Gasteiger partial charge in [-0.25, -0.2) is 0 Å². The van der Waals surface area contributed by atoms with Crippen LogP contribution in [0.15, 0.2) is 18.2 Å². The predicted molar refractivity (Wildman–Crippen MR) is 121 cm³/mol. The summed E-state index contributed by atoms with van der Waals surface area (Å²) >= 11 is 0. The highest BCUT2D eigenvalue weighted by Gasteiger charge is 2.13. The van der Waals surface area contributed by atoms with Crippen molar-refractivity contribution >= 4 is 0 Å². The van der Waals surface area contributed by atoms with E-state index in [2.05, 4.69) is 32.9 Å². The van der Waals surface area contributed by atoms with Crippen molar-refractivity contribution in [2.45, 2.75) is 45.2 Å². The number of nitrogens with two attached hydrogens (primary N) is 3. The molecular weight excluding hydrogens is 362 g/mol. The Morgan fingerprint density at radius 2 is 1.07 bits per heavy atom. The van der Waals surface area contributed by atoms with Crippen LogP contribution in [0, 0.1) is 0 Å². The van der Waals surface area contributed by atoms with Crippen LogP contribution in [0.1, 0.15) is 43.5 Å². The lowest BCUT2D eigenvalue weighted by Gasteiger charge is -2.28. The van der Waals surface area contributed by atoms with Gasteiger partial charge in [0.25, 0.3) is 0 Å². The van der Waals surface area contributed by atoms with Crippen molar-refractivity contribution in [2.75, 3.05) is 65.4 Å². The Balaban J connectivity index is 2.11. The van der Waals surface area contributed by atoms with Gasteiger partial charge in [-0.1, -0.05) is 6.07 Å². The number of rotatable bonds is 9. The topological polar surface area (TPSA) is 101 Å². The summed E-state index contributed by atoms with van der Waals surface area (Å²) in [7, 11) is 0. The molecule has 1 aromatic heterocycles. The summed E-state index contributed by atoms with van der Waals surface area (Å²) in [5.41, 5.74) is 19.6. The Morgan fingerprint density at radius 1 is 0.655 bits per heavy atom. The first-order chi connectivity index (χ1) is 14.2. The molecular formula is C22H43N7. The maximum atomic E-state index is 5.77. The van der Waals surface area contributed by atoms with Gasteiger partial charge in [-0.3, -0.25) is 14.8 Å². The van der Waals surface area contributed by atoms with Gasteiger partial charge in [-0.05, 0) is 110 Å². The summed E-state index contributed by atoms with van der Waals surface area (Å²) < 4.78 is 0. The third kappa shape index (κ3) is 9.98. The Morgan fingerprint density at radius 3 is 1.52 bits per heavy atom. The van der Waals surface area contributed by atoms with Gasteiger partial charge >= 0.3 is 0 Å². The summed E-state index contributed by atoms with van der Waals surface area (Å²) in [5.74, 6) is 0. The zero-order chi connectivity index (χ0) is 20.7. The Labute approximate surface area is 177 Å². The molecule has 2 heterocycles. The molecule has 0 atom stereocenters. The molecule has 0 fully saturated rings. The first-order valence-corrected chi connectivity index (χ1v) is 11.5. The van der Waals surface area contributed by atoms with Gasteiger partial charge in [-0.2, -0.15) is 0 Å². The third-order valence-corrected chi connectivity index (χ3v) is 5.57. The zero-order valence-corrected chi connectivity index (χ0v) is 18.3. The fourth-order valence-corrected chi connectivity index (χ4v) is 4.02. The molecule has 1 aliphatic rings. The maximum Gasteiger partial charge on any atom is 0.0547 e. The molecule has 7 nitrogen and oxygen atoms in total. The summed E-state index contributed by atoms with van der Waals surface area (Å²) in [6, 6.07) is 6.46.